The highest BCUT2D eigenvalue weighted by Gasteiger charge is 2.28. The summed E-state index contributed by atoms with van der Waals surface area (Å²) in [7, 11) is 0. The van der Waals surface area contributed by atoms with E-state index < -0.39 is 6.04 Å². The molecule has 0 amide bonds. The van der Waals surface area contributed by atoms with Crippen LogP contribution < -0.4 is 0 Å². The Morgan fingerprint density at radius 3 is 2.64 bits per heavy atom. The minimum atomic E-state index is -0.613. The van der Waals surface area contributed by atoms with E-state index >= 15 is 0 Å². The molecule has 0 spiro atoms. The van der Waals surface area contributed by atoms with E-state index in [1.54, 1.807) is 0 Å². The molecule has 0 aromatic heterocycles. The topological polar surface area (TPSA) is 47.9 Å². The molecule has 0 radical (unpaired) electrons. The second-order valence-electron chi connectivity index (χ2n) is 5.88. The molecule has 124 valence electrons. The van der Waals surface area contributed by atoms with Crippen molar-refractivity contribution >= 4 is 22.6 Å². The third-order valence-corrected chi connectivity index (χ3v) is 4.17. The summed E-state index contributed by atoms with van der Waals surface area (Å²) in [6.45, 7) is 0.460. The van der Waals surface area contributed by atoms with Gasteiger partial charge in [0.1, 0.15) is 13.2 Å². The largest absolute Gasteiger partial charge is 0.475 e. The van der Waals surface area contributed by atoms with E-state index in [2.05, 4.69) is 4.99 Å². The molecule has 0 bridgehead atoms. The van der Waals surface area contributed by atoms with Gasteiger partial charge in [-0.25, -0.2) is 9.79 Å². The van der Waals surface area contributed by atoms with Crippen molar-refractivity contribution < 1.29 is 14.3 Å². The Kier molecular flexibility index (Phi) is 4.17. The van der Waals surface area contributed by atoms with Crippen LogP contribution in [-0.2, 0) is 20.9 Å². The molecule has 0 saturated carbocycles. The fourth-order valence-corrected chi connectivity index (χ4v) is 2.88. The summed E-state index contributed by atoms with van der Waals surface area (Å²) in [4.78, 5) is 16.7. The van der Waals surface area contributed by atoms with E-state index in [1.165, 1.54) is 0 Å². The molecule has 4 heteroatoms. The maximum absolute atomic E-state index is 12.2. The Morgan fingerprint density at radius 2 is 1.76 bits per heavy atom. The molecule has 0 fully saturated rings. The van der Waals surface area contributed by atoms with Gasteiger partial charge < -0.3 is 9.47 Å². The summed E-state index contributed by atoms with van der Waals surface area (Å²) in [6, 6.07) is 23.0. The van der Waals surface area contributed by atoms with Gasteiger partial charge in [0.25, 0.3) is 0 Å². The van der Waals surface area contributed by atoms with Crippen LogP contribution in [0.3, 0.4) is 0 Å². The van der Waals surface area contributed by atoms with E-state index in [4.69, 9.17) is 9.47 Å². The summed E-state index contributed by atoms with van der Waals surface area (Å²) in [5.41, 5.74) is 1.85. The maximum Gasteiger partial charge on any atom is 0.334 e. The number of nitrogens with zero attached hydrogens (tertiary/aromatic N) is 1. The molecular formula is C21H17NO3. The predicted octanol–water partition coefficient (Wildman–Crippen LogP) is 3.73. The van der Waals surface area contributed by atoms with Gasteiger partial charge in [-0.3, -0.25) is 0 Å². The van der Waals surface area contributed by atoms with Gasteiger partial charge in [0.05, 0.1) is 0 Å². The van der Waals surface area contributed by atoms with E-state index in [0.717, 1.165) is 21.9 Å². The standard InChI is InChI=1S/C21H17NO3/c23-21(25-13-15-7-2-1-3-8-15)19-14-24-20(22-19)18-12-6-10-16-9-4-5-11-17(16)18/h1-12,19H,13-14H2/t19-/m0/s1. The van der Waals surface area contributed by atoms with Crippen LogP contribution in [0.1, 0.15) is 11.1 Å². The van der Waals surface area contributed by atoms with E-state index in [0.29, 0.717) is 5.90 Å². The highest BCUT2D eigenvalue weighted by molar-refractivity contribution is 6.08. The molecule has 4 rings (SSSR count). The molecule has 1 atom stereocenters. The van der Waals surface area contributed by atoms with Crippen LogP contribution in [0.2, 0.25) is 0 Å². The summed E-state index contributed by atoms with van der Waals surface area (Å²) in [5.74, 6) is 0.137. The number of benzene rings is 3. The highest BCUT2D eigenvalue weighted by Crippen LogP contribution is 2.22. The Bertz CT molecular complexity index is 929. The number of aliphatic imine (C=N–C) groups is 1. The molecule has 3 aromatic carbocycles. The van der Waals surface area contributed by atoms with Crippen molar-refractivity contribution in [2.24, 2.45) is 4.99 Å². The summed E-state index contributed by atoms with van der Waals surface area (Å²) >= 11 is 0. The number of hydrogen-bond acceptors (Lipinski definition) is 4. The van der Waals surface area contributed by atoms with Crippen LogP contribution in [0.25, 0.3) is 10.8 Å². The van der Waals surface area contributed by atoms with Gasteiger partial charge in [0.15, 0.2) is 6.04 Å². The normalized spacial score (nSPS) is 16.3. The molecule has 1 aliphatic rings. The van der Waals surface area contributed by atoms with Crippen molar-refractivity contribution in [2.75, 3.05) is 6.61 Å². The van der Waals surface area contributed by atoms with Crippen LogP contribution in [-0.4, -0.2) is 24.5 Å². The number of fused-ring (bicyclic) bond motifs is 1. The SMILES string of the molecule is O=C(OCc1ccccc1)[C@@H]1COC(c2cccc3ccccc23)=N1. The van der Waals surface area contributed by atoms with Crippen LogP contribution >= 0.6 is 0 Å². The van der Waals surface area contributed by atoms with Gasteiger partial charge >= 0.3 is 5.97 Å². The van der Waals surface area contributed by atoms with Crippen molar-refractivity contribution in [1.82, 2.24) is 0 Å². The average molecular weight is 331 g/mol. The van der Waals surface area contributed by atoms with Gasteiger partial charge in [0, 0.05) is 5.56 Å². The van der Waals surface area contributed by atoms with Crippen LogP contribution in [0.5, 0.6) is 0 Å². The third-order valence-electron chi connectivity index (χ3n) is 4.17. The number of hydrogen-bond donors (Lipinski definition) is 0. The first-order valence-corrected chi connectivity index (χ1v) is 8.20. The minimum Gasteiger partial charge on any atom is -0.475 e. The Morgan fingerprint density at radius 1 is 1.00 bits per heavy atom. The second-order valence-corrected chi connectivity index (χ2v) is 5.88. The Balaban J connectivity index is 1.50. The lowest BCUT2D eigenvalue weighted by atomic mass is 10.0. The summed E-state index contributed by atoms with van der Waals surface area (Å²) in [5, 5.41) is 2.17. The third kappa shape index (κ3) is 3.24. The second kappa shape index (κ2) is 6.77. The fraction of sp³-hybridized carbons (Fsp3) is 0.143. The molecule has 0 unspecified atom stereocenters. The summed E-state index contributed by atoms with van der Waals surface area (Å²) < 4.78 is 11.0. The van der Waals surface area contributed by atoms with Gasteiger partial charge in [-0.05, 0) is 22.4 Å². The van der Waals surface area contributed by atoms with Crippen molar-refractivity contribution in [2.45, 2.75) is 12.6 Å². The van der Waals surface area contributed by atoms with E-state index in [-0.39, 0.29) is 19.2 Å². The number of rotatable bonds is 4. The van der Waals surface area contributed by atoms with Crippen molar-refractivity contribution in [3.8, 4) is 0 Å². The average Bonchev–Trinajstić information content (AvgIpc) is 3.16. The molecule has 25 heavy (non-hydrogen) atoms. The number of esters is 1. The number of carbonyl (C=O) groups is 1. The lowest BCUT2D eigenvalue weighted by Crippen LogP contribution is -2.22. The Labute approximate surface area is 145 Å². The maximum atomic E-state index is 12.2. The van der Waals surface area contributed by atoms with E-state index in [1.807, 2.05) is 72.8 Å². The zero-order chi connectivity index (χ0) is 17.1. The van der Waals surface area contributed by atoms with Gasteiger partial charge in [-0.1, -0.05) is 66.7 Å². The first-order valence-electron chi connectivity index (χ1n) is 8.20. The predicted molar refractivity (Wildman–Crippen MR) is 96.5 cm³/mol. The van der Waals surface area contributed by atoms with Crippen molar-refractivity contribution in [3.63, 3.8) is 0 Å². The van der Waals surface area contributed by atoms with Crippen LogP contribution in [0.4, 0.5) is 0 Å². The van der Waals surface area contributed by atoms with Crippen LogP contribution in [0.15, 0.2) is 77.8 Å². The first kappa shape index (κ1) is 15.4. The van der Waals surface area contributed by atoms with Crippen LogP contribution in [0, 0.1) is 0 Å². The quantitative estimate of drug-likeness (QED) is 0.685. The lowest BCUT2D eigenvalue weighted by Gasteiger charge is -2.06. The number of carbonyl (C=O) groups excluding carboxylic acids is 1. The molecule has 0 saturated heterocycles. The monoisotopic (exact) mass is 331 g/mol. The molecule has 3 aromatic rings. The van der Waals surface area contributed by atoms with Crippen molar-refractivity contribution in [3.05, 3.63) is 83.9 Å². The molecular weight excluding hydrogens is 314 g/mol. The zero-order valence-electron chi connectivity index (χ0n) is 13.6. The molecule has 0 aliphatic carbocycles. The Hall–Kier alpha value is -3.14. The number of ether oxygens (including phenoxy) is 2. The molecule has 0 N–H and O–H groups in total. The van der Waals surface area contributed by atoms with Crippen molar-refractivity contribution in [1.29, 1.82) is 0 Å². The summed E-state index contributed by atoms with van der Waals surface area (Å²) in [6.07, 6.45) is 0. The molecule has 4 nitrogen and oxygen atoms in total. The minimum absolute atomic E-state index is 0.214. The van der Waals surface area contributed by atoms with Gasteiger partial charge in [-0.2, -0.15) is 0 Å². The fourth-order valence-electron chi connectivity index (χ4n) is 2.88. The smallest absolute Gasteiger partial charge is 0.334 e. The highest BCUT2D eigenvalue weighted by atomic mass is 16.5. The first-order chi connectivity index (χ1) is 12.3. The molecule has 1 aliphatic heterocycles. The lowest BCUT2D eigenvalue weighted by molar-refractivity contribution is -0.146. The van der Waals surface area contributed by atoms with Gasteiger partial charge in [-0.15, -0.1) is 0 Å². The molecule has 1 heterocycles. The van der Waals surface area contributed by atoms with Gasteiger partial charge in [0.2, 0.25) is 5.90 Å². The zero-order valence-corrected chi connectivity index (χ0v) is 13.6. The van der Waals surface area contributed by atoms with E-state index in [9.17, 15) is 4.79 Å².